The molecular weight excluding hydrogens is 236 g/mol. The van der Waals surface area contributed by atoms with Gasteiger partial charge in [0.15, 0.2) is 5.11 Å². The number of rotatable bonds is 3. The summed E-state index contributed by atoms with van der Waals surface area (Å²) in [4.78, 5) is 12.9. The van der Waals surface area contributed by atoms with Crippen LogP contribution in [-0.2, 0) is 11.3 Å². The summed E-state index contributed by atoms with van der Waals surface area (Å²) in [5.41, 5.74) is 1.14. The van der Waals surface area contributed by atoms with E-state index in [9.17, 15) is 4.79 Å². The standard InChI is InChI=1S/C12H16N2O2S/c1-3-14(11(17)13-12(15)16-2)9-10-7-5-4-6-8-10/h4-8H,3,9H2,1-2H3,(H,13,15,17). The highest BCUT2D eigenvalue weighted by Gasteiger charge is 2.11. The second-order valence-corrected chi connectivity index (χ2v) is 3.81. The zero-order valence-electron chi connectivity index (χ0n) is 9.97. The van der Waals surface area contributed by atoms with E-state index >= 15 is 0 Å². The molecule has 0 bridgehead atoms. The SMILES string of the molecule is CCN(Cc1ccccc1)C(=S)NC(=O)OC. The summed E-state index contributed by atoms with van der Waals surface area (Å²) >= 11 is 5.13. The molecule has 0 heterocycles. The quantitative estimate of drug-likeness (QED) is 0.837. The molecule has 5 heteroatoms. The number of amides is 1. The molecule has 1 amide bonds. The molecular formula is C12H16N2O2S. The van der Waals surface area contributed by atoms with Gasteiger partial charge >= 0.3 is 6.09 Å². The molecule has 1 N–H and O–H groups in total. The molecule has 17 heavy (non-hydrogen) atoms. The first-order valence-electron chi connectivity index (χ1n) is 5.35. The monoisotopic (exact) mass is 252 g/mol. The van der Waals surface area contributed by atoms with E-state index in [1.807, 2.05) is 42.2 Å². The first-order chi connectivity index (χ1) is 8.17. The van der Waals surface area contributed by atoms with Crippen LogP contribution in [0.2, 0.25) is 0 Å². The van der Waals surface area contributed by atoms with Gasteiger partial charge in [0.1, 0.15) is 0 Å². The van der Waals surface area contributed by atoms with E-state index in [0.717, 1.165) is 12.1 Å². The highest BCUT2D eigenvalue weighted by Crippen LogP contribution is 2.04. The average Bonchev–Trinajstić information content (AvgIpc) is 2.36. The summed E-state index contributed by atoms with van der Waals surface area (Å²) in [5, 5.41) is 2.88. The van der Waals surface area contributed by atoms with Crippen molar-refractivity contribution in [1.82, 2.24) is 10.2 Å². The fourth-order valence-electron chi connectivity index (χ4n) is 1.35. The number of carbonyl (C=O) groups is 1. The van der Waals surface area contributed by atoms with Crippen molar-refractivity contribution in [2.75, 3.05) is 13.7 Å². The minimum absolute atomic E-state index is 0.378. The van der Waals surface area contributed by atoms with Gasteiger partial charge in [0.2, 0.25) is 0 Å². The molecule has 0 aliphatic carbocycles. The van der Waals surface area contributed by atoms with Crippen LogP contribution in [0.1, 0.15) is 12.5 Å². The third-order valence-electron chi connectivity index (χ3n) is 2.28. The van der Waals surface area contributed by atoms with Gasteiger partial charge in [-0.3, -0.25) is 5.32 Å². The van der Waals surface area contributed by atoms with Crippen molar-refractivity contribution in [3.8, 4) is 0 Å². The minimum atomic E-state index is -0.540. The number of carbonyl (C=O) groups excluding carboxylic acids is 1. The predicted molar refractivity (Wildman–Crippen MR) is 70.7 cm³/mol. The van der Waals surface area contributed by atoms with Crippen molar-refractivity contribution in [1.29, 1.82) is 0 Å². The number of hydrogen-bond acceptors (Lipinski definition) is 3. The lowest BCUT2D eigenvalue weighted by molar-refractivity contribution is 0.175. The summed E-state index contributed by atoms with van der Waals surface area (Å²) < 4.78 is 4.50. The third-order valence-corrected chi connectivity index (χ3v) is 2.64. The van der Waals surface area contributed by atoms with Gasteiger partial charge < -0.3 is 9.64 Å². The maximum absolute atomic E-state index is 11.0. The van der Waals surface area contributed by atoms with Crippen molar-refractivity contribution < 1.29 is 9.53 Å². The lowest BCUT2D eigenvalue weighted by Gasteiger charge is -2.23. The van der Waals surface area contributed by atoms with Gasteiger partial charge in [0, 0.05) is 13.1 Å². The van der Waals surface area contributed by atoms with Crippen LogP contribution in [0.25, 0.3) is 0 Å². The van der Waals surface area contributed by atoms with Gasteiger partial charge in [-0.05, 0) is 24.7 Å². The molecule has 0 fully saturated rings. The molecule has 0 saturated heterocycles. The molecule has 0 aromatic heterocycles. The summed E-state index contributed by atoms with van der Waals surface area (Å²) in [7, 11) is 1.31. The summed E-state index contributed by atoms with van der Waals surface area (Å²) in [5.74, 6) is 0. The Labute approximate surface area is 107 Å². The number of nitrogens with zero attached hydrogens (tertiary/aromatic N) is 1. The van der Waals surface area contributed by atoms with E-state index in [1.54, 1.807) is 0 Å². The van der Waals surface area contributed by atoms with E-state index in [1.165, 1.54) is 7.11 Å². The van der Waals surface area contributed by atoms with Gasteiger partial charge in [-0.15, -0.1) is 0 Å². The molecule has 0 spiro atoms. The third kappa shape index (κ3) is 4.40. The molecule has 0 aliphatic heterocycles. The normalized spacial score (nSPS) is 9.53. The van der Waals surface area contributed by atoms with Gasteiger partial charge in [0.05, 0.1) is 7.11 Å². The molecule has 0 unspecified atom stereocenters. The van der Waals surface area contributed by atoms with E-state index in [-0.39, 0.29) is 0 Å². The van der Waals surface area contributed by atoms with Crippen molar-refractivity contribution >= 4 is 23.4 Å². The van der Waals surface area contributed by atoms with Gasteiger partial charge in [0.25, 0.3) is 0 Å². The van der Waals surface area contributed by atoms with Crippen molar-refractivity contribution in [3.63, 3.8) is 0 Å². The molecule has 0 saturated carbocycles. The van der Waals surface area contributed by atoms with Crippen molar-refractivity contribution in [2.45, 2.75) is 13.5 Å². The zero-order valence-corrected chi connectivity index (χ0v) is 10.8. The molecule has 1 rings (SSSR count). The lowest BCUT2D eigenvalue weighted by atomic mass is 10.2. The summed E-state index contributed by atoms with van der Waals surface area (Å²) in [6, 6.07) is 9.94. The van der Waals surface area contributed by atoms with Crippen LogP contribution in [0.5, 0.6) is 0 Å². The van der Waals surface area contributed by atoms with Crippen LogP contribution >= 0.6 is 12.2 Å². The first-order valence-corrected chi connectivity index (χ1v) is 5.76. The number of nitrogens with one attached hydrogen (secondary N) is 1. The highest BCUT2D eigenvalue weighted by atomic mass is 32.1. The smallest absolute Gasteiger partial charge is 0.413 e. The van der Waals surface area contributed by atoms with Crippen molar-refractivity contribution in [3.05, 3.63) is 35.9 Å². The van der Waals surface area contributed by atoms with Gasteiger partial charge in [-0.2, -0.15) is 0 Å². The Hall–Kier alpha value is -1.62. The minimum Gasteiger partial charge on any atom is -0.453 e. The second-order valence-electron chi connectivity index (χ2n) is 3.42. The number of benzene rings is 1. The predicted octanol–water partition coefficient (Wildman–Crippen LogP) is 2.15. The van der Waals surface area contributed by atoms with E-state index in [4.69, 9.17) is 12.2 Å². The Balaban J connectivity index is 2.59. The number of methoxy groups -OCH3 is 1. The second kappa shape index (κ2) is 6.85. The molecule has 1 aromatic rings. The first kappa shape index (κ1) is 13.4. The summed E-state index contributed by atoms with van der Waals surface area (Å²) in [6.07, 6.45) is -0.540. The van der Waals surface area contributed by atoms with Gasteiger partial charge in [-0.25, -0.2) is 4.79 Å². The molecule has 92 valence electrons. The van der Waals surface area contributed by atoms with Crippen LogP contribution in [0.4, 0.5) is 4.79 Å². The number of ether oxygens (including phenoxy) is 1. The number of hydrogen-bond donors (Lipinski definition) is 1. The van der Waals surface area contributed by atoms with Crippen LogP contribution in [0.15, 0.2) is 30.3 Å². The topological polar surface area (TPSA) is 41.6 Å². The molecule has 0 aliphatic rings. The largest absolute Gasteiger partial charge is 0.453 e. The number of alkyl carbamates (subject to hydrolysis) is 1. The number of thiocarbonyl (C=S) groups is 1. The lowest BCUT2D eigenvalue weighted by Crippen LogP contribution is -2.42. The van der Waals surface area contributed by atoms with Crippen LogP contribution < -0.4 is 5.32 Å². The van der Waals surface area contributed by atoms with Gasteiger partial charge in [-0.1, -0.05) is 30.3 Å². The summed E-state index contributed by atoms with van der Waals surface area (Å²) in [6.45, 7) is 3.37. The van der Waals surface area contributed by atoms with E-state index < -0.39 is 6.09 Å². The van der Waals surface area contributed by atoms with Crippen LogP contribution in [0.3, 0.4) is 0 Å². The Morgan fingerprint density at radius 1 is 1.41 bits per heavy atom. The fraction of sp³-hybridized carbons (Fsp3) is 0.333. The highest BCUT2D eigenvalue weighted by molar-refractivity contribution is 7.80. The zero-order chi connectivity index (χ0) is 12.7. The Morgan fingerprint density at radius 2 is 2.06 bits per heavy atom. The molecule has 1 aromatic carbocycles. The molecule has 0 radical (unpaired) electrons. The van der Waals surface area contributed by atoms with E-state index in [0.29, 0.717) is 11.7 Å². The Bertz CT molecular complexity index is 381. The molecule has 4 nitrogen and oxygen atoms in total. The Morgan fingerprint density at radius 3 is 2.59 bits per heavy atom. The Kier molecular flexibility index (Phi) is 5.42. The fourth-order valence-corrected chi connectivity index (χ4v) is 1.63. The maximum Gasteiger partial charge on any atom is 0.413 e. The molecule has 0 atom stereocenters. The average molecular weight is 252 g/mol. The maximum atomic E-state index is 11.0. The van der Waals surface area contributed by atoms with Crippen LogP contribution in [-0.4, -0.2) is 29.8 Å². The van der Waals surface area contributed by atoms with Crippen LogP contribution in [0, 0.1) is 0 Å². The van der Waals surface area contributed by atoms with Crippen molar-refractivity contribution in [2.24, 2.45) is 0 Å². The van der Waals surface area contributed by atoms with E-state index in [2.05, 4.69) is 10.1 Å².